The van der Waals surface area contributed by atoms with Gasteiger partial charge in [-0.25, -0.2) is 0 Å². The van der Waals surface area contributed by atoms with E-state index in [9.17, 15) is 32.3 Å². The highest BCUT2D eigenvalue weighted by Gasteiger charge is 2.50. The molecule has 31 heavy (non-hydrogen) atoms. The summed E-state index contributed by atoms with van der Waals surface area (Å²) in [5.74, 6) is -2.53. The molecule has 2 aliphatic rings. The van der Waals surface area contributed by atoms with Crippen LogP contribution in [0.3, 0.4) is 0 Å². The van der Waals surface area contributed by atoms with Crippen LogP contribution in [0.15, 0.2) is 18.2 Å². The Labute approximate surface area is 175 Å². The topological polar surface area (TPSA) is 119 Å². The zero-order chi connectivity index (χ0) is 23.1. The standard InChI is InChI=1S/C20H19F3N4O4/c1-19(2,9-24)18(20(21,22)23)26-15(29)10-3-4-12-11(7-10)8-27(17(12)31)13-5-6-14(28)25-16(13)30/h3-4,7,13,18H,5-6,8H2,1-2H3,(H,26,29)(H,25,28,30)/t13?,18-/m1/s1. The second-order valence-corrected chi connectivity index (χ2v) is 8.05. The fraction of sp³-hybridized carbons (Fsp3) is 0.450. The van der Waals surface area contributed by atoms with Gasteiger partial charge in [-0.05, 0) is 44.0 Å². The third-order valence-electron chi connectivity index (χ3n) is 5.40. The number of alkyl halides is 3. The van der Waals surface area contributed by atoms with Crippen molar-refractivity contribution in [3.8, 4) is 6.07 Å². The Morgan fingerprint density at radius 1 is 1.29 bits per heavy atom. The Kier molecular flexibility index (Phi) is 5.52. The van der Waals surface area contributed by atoms with Crippen LogP contribution in [0.25, 0.3) is 0 Å². The number of carbonyl (C=O) groups is 4. The average Bonchev–Trinajstić information content (AvgIpc) is 3.00. The molecular formula is C20H19F3N4O4. The van der Waals surface area contributed by atoms with Crippen LogP contribution in [0.2, 0.25) is 0 Å². The zero-order valence-corrected chi connectivity index (χ0v) is 16.7. The molecule has 0 aliphatic carbocycles. The molecule has 4 amide bonds. The fourth-order valence-corrected chi connectivity index (χ4v) is 3.67. The largest absolute Gasteiger partial charge is 0.410 e. The predicted octanol–water partition coefficient (Wildman–Crippen LogP) is 1.66. The second-order valence-electron chi connectivity index (χ2n) is 8.05. The minimum Gasteiger partial charge on any atom is -0.339 e. The number of piperidine rings is 1. The smallest absolute Gasteiger partial charge is 0.339 e. The summed E-state index contributed by atoms with van der Waals surface area (Å²) in [6, 6.07) is 2.14. The minimum atomic E-state index is -4.84. The van der Waals surface area contributed by atoms with E-state index in [0.29, 0.717) is 5.56 Å². The van der Waals surface area contributed by atoms with Crippen molar-refractivity contribution in [2.75, 3.05) is 0 Å². The van der Waals surface area contributed by atoms with Gasteiger partial charge in [0.2, 0.25) is 11.8 Å². The minimum absolute atomic E-state index is 0.0199. The Balaban J connectivity index is 1.81. The number of amides is 4. The van der Waals surface area contributed by atoms with Gasteiger partial charge >= 0.3 is 6.18 Å². The molecule has 2 N–H and O–H groups in total. The molecule has 0 bridgehead atoms. The van der Waals surface area contributed by atoms with Crippen molar-refractivity contribution in [1.82, 2.24) is 15.5 Å². The summed E-state index contributed by atoms with van der Waals surface area (Å²) in [6.45, 7) is 2.13. The molecule has 2 heterocycles. The van der Waals surface area contributed by atoms with Gasteiger partial charge < -0.3 is 10.2 Å². The van der Waals surface area contributed by atoms with Crippen molar-refractivity contribution in [3.63, 3.8) is 0 Å². The molecule has 0 spiro atoms. The summed E-state index contributed by atoms with van der Waals surface area (Å²) in [5.41, 5.74) is -1.40. The molecule has 2 atom stereocenters. The Hall–Kier alpha value is -3.42. The number of imide groups is 1. The summed E-state index contributed by atoms with van der Waals surface area (Å²) in [5, 5.41) is 13.1. The Morgan fingerprint density at radius 3 is 2.55 bits per heavy atom. The monoisotopic (exact) mass is 436 g/mol. The van der Waals surface area contributed by atoms with Crippen molar-refractivity contribution < 1.29 is 32.3 Å². The third-order valence-corrected chi connectivity index (χ3v) is 5.40. The number of hydrogen-bond acceptors (Lipinski definition) is 5. The summed E-state index contributed by atoms with van der Waals surface area (Å²) in [7, 11) is 0. The van der Waals surface area contributed by atoms with E-state index in [0.717, 1.165) is 13.8 Å². The molecule has 2 aliphatic heterocycles. The van der Waals surface area contributed by atoms with Crippen molar-refractivity contribution in [2.24, 2.45) is 5.41 Å². The predicted molar refractivity (Wildman–Crippen MR) is 99.2 cm³/mol. The van der Waals surface area contributed by atoms with E-state index >= 15 is 0 Å². The van der Waals surface area contributed by atoms with E-state index in [1.54, 1.807) is 6.07 Å². The molecule has 1 saturated heterocycles. The van der Waals surface area contributed by atoms with Crippen molar-refractivity contribution in [3.05, 3.63) is 34.9 Å². The van der Waals surface area contributed by atoms with Crippen molar-refractivity contribution in [2.45, 2.75) is 51.5 Å². The number of carbonyl (C=O) groups excluding carboxylic acids is 4. The van der Waals surface area contributed by atoms with Crippen LogP contribution in [0.4, 0.5) is 13.2 Å². The molecule has 0 aromatic heterocycles. The van der Waals surface area contributed by atoms with Crippen LogP contribution in [0, 0.1) is 16.7 Å². The van der Waals surface area contributed by atoms with Gasteiger partial charge in [0.1, 0.15) is 12.1 Å². The van der Waals surface area contributed by atoms with Crippen LogP contribution in [-0.4, -0.2) is 46.8 Å². The van der Waals surface area contributed by atoms with E-state index < -0.39 is 47.3 Å². The number of nitrogens with zero attached hydrogens (tertiary/aromatic N) is 2. The molecule has 1 aromatic carbocycles. The first-order valence-electron chi connectivity index (χ1n) is 9.41. The van der Waals surface area contributed by atoms with Gasteiger partial charge in [-0.2, -0.15) is 18.4 Å². The second kappa shape index (κ2) is 7.68. The lowest BCUT2D eigenvalue weighted by Crippen LogP contribution is -2.53. The maximum absolute atomic E-state index is 13.4. The van der Waals surface area contributed by atoms with Crippen molar-refractivity contribution in [1.29, 1.82) is 5.26 Å². The highest BCUT2D eigenvalue weighted by Crippen LogP contribution is 2.34. The van der Waals surface area contributed by atoms with Gasteiger partial charge in [-0.15, -0.1) is 0 Å². The third kappa shape index (κ3) is 4.23. The molecule has 164 valence electrons. The summed E-state index contributed by atoms with van der Waals surface area (Å²) >= 11 is 0. The lowest BCUT2D eigenvalue weighted by Gasteiger charge is -2.30. The number of nitriles is 1. The van der Waals surface area contributed by atoms with Gasteiger partial charge in [0, 0.05) is 24.1 Å². The number of nitrogens with one attached hydrogen (secondary N) is 2. The summed E-state index contributed by atoms with van der Waals surface area (Å²) in [6.07, 6.45) is -4.60. The van der Waals surface area contributed by atoms with Gasteiger partial charge in [0.05, 0.1) is 11.5 Å². The SMILES string of the molecule is CC(C)(C#N)[C@@H](NC(=O)c1ccc2c(c1)CN(C1CCC(=O)NC1=O)C2=O)C(F)(F)F. The number of fused-ring (bicyclic) bond motifs is 1. The molecule has 1 fully saturated rings. The number of hydrogen-bond donors (Lipinski definition) is 2. The van der Waals surface area contributed by atoms with Gasteiger partial charge in [0.25, 0.3) is 11.8 Å². The van der Waals surface area contributed by atoms with Crippen LogP contribution in [0.1, 0.15) is 53.0 Å². The zero-order valence-electron chi connectivity index (χ0n) is 16.7. The van der Waals surface area contributed by atoms with E-state index in [4.69, 9.17) is 5.26 Å². The maximum Gasteiger partial charge on any atom is 0.410 e. The highest BCUT2D eigenvalue weighted by atomic mass is 19.4. The first kappa shape index (κ1) is 22.3. The average molecular weight is 436 g/mol. The quantitative estimate of drug-likeness (QED) is 0.696. The lowest BCUT2D eigenvalue weighted by atomic mass is 9.85. The van der Waals surface area contributed by atoms with Crippen molar-refractivity contribution >= 4 is 23.6 Å². The van der Waals surface area contributed by atoms with E-state index in [1.807, 2.05) is 5.32 Å². The molecule has 0 saturated carbocycles. The van der Waals surface area contributed by atoms with E-state index in [1.165, 1.54) is 23.1 Å². The Morgan fingerprint density at radius 2 is 1.97 bits per heavy atom. The molecule has 11 heteroatoms. The molecule has 1 unspecified atom stereocenters. The fourth-order valence-electron chi connectivity index (χ4n) is 3.67. The molecule has 3 rings (SSSR count). The van der Waals surface area contributed by atoms with Crippen LogP contribution >= 0.6 is 0 Å². The van der Waals surface area contributed by atoms with Gasteiger partial charge in [0.15, 0.2) is 0 Å². The molecular weight excluding hydrogens is 417 g/mol. The van der Waals surface area contributed by atoms with Gasteiger partial charge in [-0.1, -0.05) is 0 Å². The molecule has 8 nitrogen and oxygen atoms in total. The first-order valence-corrected chi connectivity index (χ1v) is 9.41. The summed E-state index contributed by atoms with van der Waals surface area (Å²) in [4.78, 5) is 49.8. The van der Waals surface area contributed by atoms with E-state index in [2.05, 4.69) is 5.32 Å². The first-order chi connectivity index (χ1) is 14.3. The molecule has 0 radical (unpaired) electrons. The normalized spacial score (nSPS) is 20.1. The lowest BCUT2D eigenvalue weighted by molar-refractivity contribution is -0.170. The van der Waals surface area contributed by atoms with Crippen LogP contribution in [0.5, 0.6) is 0 Å². The number of halogens is 3. The number of benzene rings is 1. The highest BCUT2D eigenvalue weighted by molar-refractivity contribution is 6.06. The number of rotatable bonds is 4. The molecule has 1 aromatic rings. The maximum atomic E-state index is 13.4. The van der Waals surface area contributed by atoms with Crippen LogP contribution < -0.4 is 10.6 Å². The van der Waals surface area contributed by atoms with Gasteiger partial charge in [-0.3, -0.25) is 24.5 Å². The summed E-state index contributed by atoms with van der Waals surface area (Å²) < 4.78 is 40.2. The Bertz CT molecular complexity index is 1010. The van der Waals surface area contributed by atoms with E-state index in [-0.39, 0.29) is 30.5 Å². The van der Waals surface area contributed by atoms with Crippen LogP contribution in [-0.2, 0) is 16.1 Å².